The van der Waals surface area contributed by atoms with E-state index in [4.69, 9.17) is 9.47 Å². The van der Waals surface area contributed by atoms with Gasteiger partial charge in [-0.05, 0) is 37.3 Å². The second-order valence-electron chi connectivity index (χ2n) is 5.34. The van der Waals surface area contributed by atoms with E-state index in [1.807, 2.05) is 6.92 Å². The summed E-state index contributed by atoms with van der Waals surface area (Å²) in [5, 5.41) is 12.5. The molecule has 1 aromatic carbocycles. The highest BCUT2D eigenvalue weighted by Gasteiger charge is 2.09. The van der Waals surface area contributed by atoms with E-state index in [-0.39, 0.29) is 31.2 Å². The van der Waals surface area contributed by atoms with E-state index in [0.29, 0.717) is 12.4 Å². The number of aliphatic hydroxyl groups excluding tert-OH is 1. The molecule has 2 N–H and O–H groups in total. The molecule has 2 aromatic rings. The first-order valence-corrected chi connectivity index (χ1v) is 8.04. The van der Waals surface area contributed by atoms with Crippen LogP contribution in [0.4, 0.5) is 0 Å². The zero-order chi connectivity index (χ0) is 18.1. The molecule has 0 radical (unpaired) electrons. The van der Waals surface area contributed by atoms with E-state index in [1.165, 1.54) is 10.6 Å². The van der Waals surface area contributed by atoms with Crippen molar-refractivity contribution in [2.24, 2.45) is 0 Å². The van der Waals surface area contributed by atoms with E-state index >= 15 is 0 Å². The van der Waals surface area contributed by atoms with E-state index in [9.17, 15) is 14.7 Å². The SMILES string of the molecule is CCOc1ccc(OCC(=O)NCC(O)Cn2ccccc2=O)cc1. The molecule has 0 spiro atoms. The molecular formula is C18H22N2O5. The topological polar surface area (TPSA) is 89.8 Å². The first-order valence-electron chi connectivity index (χ1n) is 8.04. The van der Waals surface area contributed by atoms with Gasteiger partial charge in [0.2, 0.25) is 0 Å². The van der Waals surface area contributed by atoms with Crippen LogP contribution in [0.1, 0.15) is 6.92 Å². The second-order valence-corrected chi connectivity index (χ2v) is 5.34. The van der Waals surface area contributed by atoms with Gasteiger partial charge in [-0.3, -0.25) is 9.59 Å². The number of pyridine rings is 1. The number of aromatic nitrogens is 1. The number of nitrogens with zero attached hydrogens (tertiary/aromatic N) is 1. The minimum Gasteiger partial charge on any atom is -0.494 e. The van der Waals surface area contributed by atoms with Crippen LogP contribution in [0.15, 0.2) is 53.5 Å². The van der Waals surface area contributed by atoms with E-state index in [1.54, 1.807) is 42.6 Å². The Morgan fingerprint density at radius 2 is 1.84 bits per heavy atom. The number of hydrogen-bond donors (Lipinski definition) is 2. The minimum atomic E-state index is -0.866. The normalized spacial score (nSPS) is 11.6. The molecule has 7 nitrogen and oxygen atoms in total. The zero-order valence-electron chi connectivity index (χ0n) is 14.1. The van der Waals surface area contributed by atoms with Gasteiger partial charge in [-0.1, -0.05) is 6.07 Å². The number of rotatable bonds is 9. The lowest BCUT2D eigenvalue weighted by Crippen LogP contribution is -2.38. The standard InChI is InChI=1S/C18H22N2O5/c1-2-24-15-6-8-16(9-7-15)25-13-17(22)19-11-14(21)12-20-10-4-3-5-18(20)23/h3-10,14,21H,2,11-13H2,1H3,(H,19,22). The fraction of sp³-hybridized carbons (Fsp3) is 0.333. The number of ether oxygens (including phenoxy) is 2. The van der Waals surface area contributed by atoms with Crippen molar-refractivity contribution in [3.8, 4) is 11.5 Å². The summed E-state index contributed by atoms with van der Waals surface area (Å²) in [7, 11) is 0. The van der Waals surface area contributed by atoms with Crippen molar-refractivity contribution in [2.45, 2.75) is 19.6 Å². The number of amides is 1. The fourth-order valence-corrected chi connectivity index (χ4v) is 2.13. The van der Waals surface area contributed by atoms with Crippen LogP contribution in [0.3, 0.4) is 0 Å². The fourth-order valence-electron chi connectivity index (χ4n) is 2.13. The lowest BCUT2D eigenvalue weighted by Gasteiger charge is -2.13. The van der Waals surface area contributed by atoms with Crippen LogP contribution in [0.2, 0.25) is 0 Å². The Balaban J connectivity index is 1.71. The third-order valence-corrected chi connectivity index (χ3v) is 3.35. The molecule has 134 valence electrons. The monoisotopic (exact) mass is 346 g/mol. The molecule has 0 saturated carbocycles. The van der Waals surface area contributed by atoms with Gasteiger partial charge in [0.05, 0.1) is 19.3 Å². The molecule has 1 heterocycles. The average Bonchev–Trinajstić information content (AvgIpc) is 2.61. The largest absolute Gasteiger partial charge is 0.494 e. The summed E-state index contributed by atoms with van der Waals surface area (Å²) in [6.07, 6.45) is 0.720. The molecule has 0 fully saturated rings. The van der Waals surface area contributed by atoms with Gasteiger partial charge in [-0.2, -0.15) is 0 Å². The van der Waals surface area contributed by atoms with Crippen molar-refractivity contribution in [3.63, 3.8) is 0 Å². The molecule has 1 unspecified atom stereocenters. The smallest absolute Gasteiger partial charge is 0.258 e. The maximum atomic E-state index is 11.8. The highest BCUT2D eigenvalue weighted by molar-refractivity contribution is 5.77. The predicted octanol–water partition coefficient (Wildman–Crippen LogP) is 0.803. The van der Waals surface area contributed by atoms with Crippen LogP contribution in [0.25, 0.3) is 0 Å². The van der Waals surface area contributed by atoms with E-state index in [2.05, 4.69) is 5.32 Å². The first kappa shape index (κ1) is 18.5. The quantitative estimate of drug-likeness (QED) is 0.701. The van der Waals surface area contributed by atoms with E-state index in [0.717, 1.165) is 5.75 Å². The zero-order valence-corrected chi connectivity index (χ0v) is 14.1. The molecule has 0 saturated heterocycles. The molecule has 0 bridgehead atoms. The van der Waals surface area contributed by atoms with Gasteiger partial charge < -0.3 is 24.5 Å². The Labute approximate surface area is 145 Å². The van der Waals surface area contributed by atoms with Crippen molar-refractivity contribution < 1.29 is 19.4 Å². The van der Waals surface area contributed by atoms with Crippen LogP contribution in [0, 0.1) is 0 Å². The number of carbonyl (C=O) groups is 1. The number of carbonyl (C=O) groups excluding carboxylic acids is 1. The number of benzene rings is 1. The molecule has 2 rings (SSSR count). The van der Waals surface area contributed by atoms with Crippen LogP contribution in [-0.4, -0.2) is 41.4 Å². The summed E-state index contributed by atoms with van der Waals surface area (Å²) in [4.78, 5) is 23.3. The summed E-state index contributed by atoms with van der Waals surface area (Å²) in [6, 6.07) is 11.7. The van der Waals surface area contributed by atoms with Crippen molar-refractivity contribution in [1.82, 2.24) is 9.88 Å². The lowest BCUT2D eigenvalue weighted by atomic mass is 10.3. The van der Waals surface area contributed by atoms with Crippen molar-refractivity contribution >= 4 is 5.91 Å². The van der Waals surface area contributed by atoms with Crippen molar-refractivity contribution in [2.75, 3.05) is 19.8 Å². The summed E-state index contributed by atoms with van der Waals surface area (Å²) in [5.41, 5.74) is -0.202. The third-order valence-electron chi connectivity index (χ3n) is 3.35. The summed E-state index contributed by atoms with van der Waals surface area (Å²) in [5.74, 6) is 0.932. The first-order chi connectivity index (χ1) is 12.1. The highest BCUT2D eigenvalue weighted by atomic mass is 16.5. The molecule has 0 aliphatic carbocycles. The molecule has 7 heteroatoms. The van der Waals surface area contributed by atoms with Gasteiger partial charge in [0.25, 0.3) is 11.5 Å². The maximum Gasteiger partial charge on any atom is 0.258 e. The third kappa shape index (κ3) is 6.31. The van der Waals surface area contributed by atoms with Gasteiger partial charge in [0.15, 0.2) is 6.61 Å². The molecule has 1 amide bonds. The van der Waals surface area contributed by atoms with Gasteiger partial charge in [0.1, 0.15) is 11.5 Å². The molecule has 0 aliphatic rings. The van der Waals surface area contributed by atoms with E-state index < -0.39 is 6.10 Å². The Bertz CT molecular complexity index is 727. The number of hydrogen-bond acceptors (Lipinski definition) is 5. The summed E-state index contributed by atoms with van der Waals surface area (Å²) < 4.78 is 12.1. The van der Waals surface area contributed by atoms with Crippen LogP contribution in [-0.2, 0) is 11.3 Å². The molecule has 1 aromatic heterocycles. The Morgan fingerprint density at radius 1 is 1.16 bits per heavy atom. The van der Waals surface area contributed by atoms with Crippen molar-refractivity contribution in [1.29, 1.82) is 0 Å². The van der Waals surface area contributed by atoms with Crippen LogP contribution < -0.4 is 20.3 Å². The number of nitrogens with one attached hydrogen (secondary N) is 1. The predicted molar refractivity (Wildman–Crippen MR) is 92.8 cm³/mol. The Morgan fingerprint density at radius 3 is 2.48 bits per heavy atom. The van der Waals surface area contributed by atoms with Crippen LogP contribution >= 0.6 is 0 Å². The molecule has 1 atom stereocenters. The summed E-state index contributed by atoms with van der Waals surface area (Å²) >= 11 is 0. The van der Waals surface area contributed by atoms with Crippen LogP contribution in [0.5, 0.6) is 11.5 Å². The Hall–Kier alpha value is -2.80. The highest BCUT2D eigenvalue weighted by Crippen LogP contribution is 2.17. The Kier molecular flexibility index (Phi) is 7.03. The maximum absolute atomic E-state index is 11.8. The minimum absolute atomic E-state index is 0.0345. The number of aliphatic hydroxyl groups is 1. The molecule has 25 heavy (non-hydrogen) atoms. The van der Waals surface area contributed by atoms with Gasteiger partial charge in [-0.15, -0.1) is 0 Å². The average molecular weight is 346 g/mol. The van der Waals surface area contributed by atoms with Gasteiger partial charge in [-0.25, -0.2) is 0 Å². The van der Waals surface area contributed by atoms with Gasteiger partial charge in [0, 0.05) is 18.8 Å². The van der Waals surface area contributed by atoms with Crippen molar-refractivity contribution in [3.05, 3.63) is 59.0 Å². The molecular weight excluding hydrogens is 324 g/mol. The van der Waals surface area contributed by atoms with Gasteiger partial charge >= 0.3 is 0 Å². The molecule has 0 aliphatic heterocycles. The lowest BCUT2D eigenvalue weighted by molar-refractivity contribution is -0.123. The second kappa shape index (κ2) is 9.48. The summed E-state index contributed by atoms with van der Waals surface area (Å²) in [6.45, 7) is 2.47.